The van der Waals surface area contributed by atoms with Gasteiger partial charge in [-0.25, -0.2) is 0 Å². The predicted octanol–water partition coefficient (Wildman–Crippen LogP) is 2.88. The average molecular weight is 368 g/mol. The molecular weight excluding hydrogens is 344 g/mol. The molecule has 142 valence electrons. The first kappa shape index (κ1) is 18.8. The highest BCUT2D eigenvalue weighted by Crippen LogP contribution is 2.32. The Morgan fingerprint density at radius 1 is 0.963 bits per heavy atom. The molecule has 2 aromatic rings. The van der Waals surface area contributed by atoms with Gasteiger partial charge in [0.2, 0.25) is 11.8 Å². The molecule has 0 spiro atoms. The quantitative estimate of drug-likeness (QED) is 0.822. The summed E-state index contributed by atoms with van der Waals surface area (Å²) in [6.45, 7) is 4.94. The van der Waals surface area contributed by atoms with E-state index in [0.29, 0.717) is 36.8 Å². The number of amides is 2. The van der Waals surface area contributed by atoms with Crippen LogP contribution < -0.4 is 20.1 Å². The van der Waals surface area contributed by atoms with Crippen molar-refractivity contribution in [2.24, 2.45) is 0 Å². The number of rotatable bonds is 6. The highest BCUT2D eigenvalue weighted by atomic mass is 16.6. The van der Waals surface area contributed by atoms with Crippen molar-refractivity contribution in [2.45, 2.75) is 25.7 Å². The number of fused-ring (bicyclic) bond motifs is 1. The van der Waals surface area contributed by atoms with Gasteiger partial charge in [-0.15, -0.1) is 0 Å². The normalized spacial score (nSPS) is 13.0. The van der Waals surface area contributed by atoms with Crippen LogP contribution >= 0.6 is 0 Å². The Morgan fingerprint density at radius 3 is 2.41 bits per heavy atom. The van der Waals surface area contributed by atoms with Crippen LogP contribution in [-0.2, 0) is 15.0 Å². The number of hydrogen-bond donors (Lipinski definition) is 2. The summed E-state index contributed by atoms with van der Waals surface area (Å²) in [5.74, 6) is 0.808. The lowest BCUT2D eigenvalue weighted by atomic mass is 9.81. The van der Waals surface area contributed by atoms with Crippen molar-refractivity contribution in [3.8, 4) is 11.5 Å². The maximum atomic E-state index is 12.3. The Morgan fingerprint density at radius 2 is 1.67 bits per heavy atom. The van der Waals surface area contributed by atoms with Gasteiger partial charge in [-0.05, 0) is 23.1 Å². The highest BCUT2D eigenvalue weighted by molar-refractivity contribution is 5.94. The van der Waals surface area contributed by atoms with Gasteiger partial charge in [0.1, 0.15) is 13.2 Å². The third-order valence-electron chi connectivity index (χ3n) is 4.43. The van der Waals surface area contributed by atoms with E-state index in [1.54, 1.807) is 18.2 Å². The van der Waals surface area contributed by atoms with Gasteiger partial charge in [0.25, 0.3) is 0 Å². The minimum absolute atomic E-state index is 0.0852. The summed E-state index contributed by atoms with van der Waals surface area (Å²) < 4.78 is 10.9. The van der Waals surface area contributed by atoms with Crippen LogP contribution in [0.15, 0.2) is 48.5 Å². The Hall–Kier alpha value is -3.02. The van der Waals surface area contributed by atoms with Crippen molar-refractivity contribution >= 4 is 17.5 Å². The molecular formula is C21H24N2O4. The minimum atomic E-state index is -0.308. The van der Waals surface area contributed by atoms with Crippen molar-refractivity contribution in [3.63, 3.8) is 0 Å². The molecule has 2 aromatic carbocycles. The zero-order chi connectivity index (χ0) is 19.3. The van der Waals surface area contributed by atoms with Crippen LogP contribution in [0.3, 0.4) is 0 Å². The van der Waals surface area contributed by atoms with Crippen molar-refractivity contribution in [1.29, 1.82) is 0 Å². The van der Waals surface area contributed by atoms with E-state index >= 15 is 0 Å². The Balaban J connectivity index is 1.49. The van der Waals surface area contributed by atoms with E-state index in [4.69, 9.17) is 9.47 Å². The molecule has 0 unspecified atom stereocenters. The molecule has 0 fully saturated rings. The fourth-order valence-electron chi connectivity index (χ4n) is 2.96. The van der Waals surface area contributed by atoms with E-state index in [1.165, 1.54) is 0 Å². The van der Waals surface area contributed by atoms with Crippen LogP contribution in [0.2, 0.25) is 0 Å². The van der Waals surface area contributed by atoms with Crippen molar-refractivity contribution in [2.75, 3.05) is 25.1 Å². The summed E-state index contributed by atoms with van der Waals surface area (Å²) in [5.41, 5.74) is 1.38. The molecule has 3 rings (SSSR count). The summed E-state index contributed by atoms with van der Waals surface area (Å²) in [6, 6.07) is 15.1. The molecule has 0 saturated heterocycles. The van der Waals surface area contributed by atoms with E-state index < -0.39 is 0 Å². The zero-order valence-electron chi connectivity index (χ0n) is 15.6. The van der Waals surface area contributed by atoms with Crippen molar-refractivity contribution in [3.05, 3.63) is 54.1 Å². The first-order chi connectivity index (χ1) is 12.9. The Bertz CT molecular complexity index is 818. The summed E-state index contributed by atoms with van der Waals surface area (Å²) in [6.07, 6.45) is 0.300. The second-order valence-electron chi connectivity index (χ2n) is 7.11. The largest absolute Gasteiger partial charge is 0.486 e. The first-order valence-corrected chi connectivity index (χ1v) is 8.96. The van der Waals surface area contributed by atoms with Gasteiger partial charge in [-0.3, -0.25) is 9.59 Å². The zero-order valence-corrected chi connectivity index (χ0v) is 15.6. The van der Waals surface area contributed by atoms with E-state index in [0.717, 1.165) is 5.56 Å². The molecule has 6 heteroatoms. The first-order valence-electron chi connectivity index (χ1n) is 8.96. The molecule has 2 N–H and O–H groups in total. The number of nitrogens with one attached hydrogen (secondary N) is 2. The van der Waals surface area contributed by atoms with Crippen LogP contribution in [0, 0.1) is 0 Å². The van der Waals surface area contributed by atoms with E-state index in [9.17, 15) is 9.59 Å². The molecule has 27 heavy (non-hydrogen) atoms. The molecule has 0 saturated carbocycles. The highest BCUT2D eigenvalue weighted by Gasteiger charge is 2.24. The van der Waals surface area contributed by atoms with Gasteiger partial charge in [-0.1, -0.05) is 44.2 Å². The standard InChI is InChI=1S/C21H24N2O4/c1-21(2,15-6-4-3-5-7-15)13-19(24)22-14-20(25)23-16-8-9-17-18(12-16)27-11-10-26-17/h3-9,12H,10-11,13-14H2,1-2H3,(H,22,24)(H,23,25). The van der Waals surface area contributed by atoms with Crippen LogP contribution in [0.1, 0.15) is 25.8 Å². The molecule has 2 amide bonds. The summed E-state index contributed by atoms with van der Waals surface area (Å²) in [7, 11) is 0. The Kier molecular flexibility index (Phi) is 5.64. The maximum Gasteiger partial charge on any atom is 0.243 e. The third kappa shape index (κ3) is 5.00. The summed E-state index contributed by atoms with van der Waals surface area (Å²) in [5, 5.41) is 5.44. The molecule has 1 aliphatic heterocycles. The average Bonchev–Trinajstić information content (AvgIpc) is 2.67. The molecule has 0 bridgehead atoms. The monoisotopic (exact) mass is 368 g/mol. The number of ether oxygens (including phenoxy) is 2. The molecule has 0 radical (unpaired) electrons. The lowest BCUT2D eigenvalue weighted by molar-refractivity contribution is -0.125. The summed E-state index contributed by atoms with van der Waals surface area (Å²) in [4.78, 5) is 24.4. The van der Waals surface area contributed by atoms with Gasteiger partial charge >= 0.3 is 0 Å². The fraction of sp³-hybridized carbons (Fsp3) is 0.333. The Labute approximate surface area is 158 Å². The second kappa shape index (κ2) is 8.12. The number of carbonyl (C=O) groups is 2. The SMILES string of the molecule is CC(C)(CC(=O)NCC(=O)Nc1ccc2c(c1)OCCO2)c1ccccc1. The number of carbonyl (C=O) groups excluding carboxylic acids is 2. The van der Waals surface area contributed by atoms with E-state index in [1.807, 2.05) is 44.2 Å². The molecule has 6 nitrogen and oxygen atoms in total. The van der Waals surface area contributed by atoms with Crippen molar-refractivity contribution < 1.29 is 19.1 Å². The van der Waals surface area contributed by atoms with Crippen LogP contribution in [0.4, 0.5) is 5.69 Å². The molecule has 0 aliphatic carbocycles. The molecule has 0 aromatic heterocycles. The molecule has 1 heterocycles. The third-order valence-corrected chi connectivity index (χ3v) is 4.43. The lowest BCUT2D eigenvalue weighted by Crippen LogP contribution is -2.36. The van der Waals surface area contributed by atoms with Crippen molar-refractivity contribution in [1.82, 2.24) is 5.32 Å². The molecule has 1 aliphatic rings. The van der Waals surface area contributed by atoms with Gasteiger partial charge in [-0.2, -0.15) is 0 Å². The summed E-state index contributed by atoms with van der Waals surface area (Å²) >= 11 is 0. The molecule has 0 atom stereocenters. The second-order valence-corrected chi connectivity index (χ2v) is 7.11. The van der Waals surface area contributed by atoms with Crippen LogP contribution in [-0.4, -0.2) is 31.6 Å². The van der Waals surface area contributed by atoms with Gasteiger partial charge in [0.15, 0.2) is 11.5 Å². The number of benzene rings is 2. The number of anilines is 1. The van der Waals surface area contributed by atoms with Crippen LogP contribution in [0.25, 0.3) is 0 Å². The van der Waals surface area contributed by atoms with Crippen LogP contribution in [0.5, 0.6) is 11.5 Å². The smallest absolute Gasteiger partial charge is 0.243 e. The minimum Gasteiger partial charge on any atom is -0.486 e. The van der Waals surface area contributed by atoms with Gasteiger partial charge in [0, 0.05) is 18.2 Å². The van der Waals surface area contributed by atoms with Gasteiger partial charge < -0.3 is 20.1 Å². The van der Waals surface area contributed by atoms with Gasteiger partial charge in [0.05, 0.1) is 6.54 Å². The lowest BCUT2D eigenvalue weighted by Gasteiger charge is -2.24. The fourth-order valence-corrected chi connectivity index (χ4v) is 2.96. The topological polar surface area (TPSA) is 76.7 Å². The predicted molar refractivity (Wildman–Crippen MR) is 103 cm³/mol. The number of hydrogen-bond acceptors (Lipinski definition) is 4. The maximum absolute atomic E-state index is 12.3. The van der Waals surface area contributed by atoms with E-state index in [2.05, 4.69) is 10.6 Å². The van der Waals surface area contributed by atoms with E-state index in [-0.39, 0.29) is 23.8 Å².